The number of sulfonamides is 1. The third-order valence-corrected chi connectivity index (χ3v) is 6.92. The van der Waals surface area contributed by atoms with E-state index in [2.05, 4.69) is 10.3 Å². The monoisotopic (exact) mass is 418 g/mol. The molecule has 2 heterocycles. The van der Waals surface area contributed by atoms with Crippen molar-refractivity contribution in [1.29, 1.82) is 0 Å². The fourth-order valence-electron chi connectivity index (χ4n) is 3.28. The molecule has 2 aromatic rings. The van der Waals surface area contributed by atoms with Gasteiger partial charge in [0, 0.05) is 42.5 Å². The molecule has 0 spiro atoms. The van der Waals surface area contributed by atoms with E-state index in [1.807, 2.05) is 13.8 Å². The van der Waals surface area contributed by atoms with Crippen molar-refractivity contribution in [2.75, 3.05) is 18.4 Å². The maximum Gasteiger partial charge on any atom is 0.262 e. The summed E-state index contributed by atoms with van der Waals surface area (Å²) < 4.78 is 28.8. The number of benzene rings is 1. The molecule has 0 saturated carbocycles. The van der Waals surface area contributed by atoms with Gasteiger partial charge in [-0.1, -0.05) is 12.1 Å². The van der Waals surface area contributed by atoms with Crippen LogP contribution in [0.25, 0.3) is 0 Å². The molecule has 0 unspecified atom stereocenters. The van der Waals surface area contributed by atoms with Gasteiger partial charge in [0.05, 0.1) is 6.33 Å². The van der Waals surface area contributed by atoms with Crippen molar-refractivity contribution in [3.05, 3.63) is 42.4 Å². The van der Waals surface area contributed by atoms with Crippen LogP contribution in [-0.2, 0) is 14.8 Å². The summed E-state index contributed by atoms with van der Waals surface area (Å²) in [5.41, 5.74) is 1.10. The Bertz CT molecular complexity index is 1000. The minimum Gasteiger partial charge on any atom is -0.334 e. The van der Waals surface area contributed by atoms with Crippen LogP contribution in [0.2, 0.25) is 0 Å². The van der Waals surface area contributed by atoms with E-state index in [-0.39, 0.29) is 41.8 Å². The number of nitrogens with zero attached hydrogens (tertiary/aromatic N) is 3. The first-order valence-electron chi connectivity index (χ1n) is 9.64. The normalized spacial score (nSPS) is 16.1. The van der Waals surface area contributed by atoms with Crippen LogP contribution in [0.15, 0.2) is 41.8 Å². The lowest BCUT2D eigenvalue weighted by atomic mass is 9.97. The number of carbonyl (C=O) groups excluding carboxylic acids is 2. The zero-order valence-electron chi connectivity index (χ0n) is 16.8. The van der Waals surface area contributed by atoms with Crippen LogP contribution >= 0.6 is 0 Å². The molecule has 1 fully saturated rings. The first-order chi connectivity index (χ1) is 13.7. The Hall–Kier alpha value is -2.52. The van der Waals surface area contributed by atoms with E-state index >= 15 is 0 Å². The topological polar surface area (TPSA) is 101 Å². The highest BCUT2D eigenvalue weighted by Crippen LogP contribution is 2.25. The molecule has 1 aliphatic heterocycles. The Morgan fingerprint density at radius 2 is 1.90 bits per heavy atom. The number of carbonyl (C=O) groups is 2. The predicted octanol–water partition coefficient (Wildman–Crippen LogP) is 2.71. The van der Waals surface area contributed by atoms with Gasteiger partial charge < -0.3 is 9.88 Å². The predicted molar refractivity (Wildman–Crippen MR) is 109 cm³/mol. The number of Topliss-reactive ketones (excluding diaryl/α,β-unsaturated/α-hetero) is 1. The summed E-state index contributed by atoms with van der Waals surface area (Å²) in [7, 11) is -3.67. The van der Waals surface area contributed by atoms with Crippen LogP contribution in [-0.4, -0.2) is 47.1 Å². The summed E-state index contributed by atoms with van der Waals surface area (Å²) in [6.07, 6.45) is 3.93. The molecule has 8 nitrogen and oxygen atoms in total. The molecule has 0 radical (unpaired) electrons. The van der Waals surface area contributed by atoms with E-state index in [4.69, 9.17) is 0 Å². The first kappa shape index (κ1) is 21.2. The van der Waals surface area contributed by atoms with E-state index in [0.717, 1.165) is 0 Å². The Morgan fingerprint density at radius 1 is 1.21 bits per heavy atom. The highest BCUT2D eigenvalue weighted by molar-refractivity contribution is 7.89. The second-order valence-electron chi connectivity index (χ2n) is 7.56. The lowest BCUT2D eigenvalue weighted by Gasteiger charge is -2.30. The van der Waals surface area contributed by atoms with Gasteiger partial charge in [0.1, 0.15) is 0 Å². The van der Waals surface area contributed by atoms with Gasteiger partial charge in [0.25, 0.3) is 10.0 Å². The number of amides is 1. The zero-order valence-corrected chi connectivity index (χ0v) is 17.6. The second-order valence-corrected chi connectivity index (χ2v) is 9.44. The van der Waals surface area contributed by atoms with Gasteiger partial charge in [-0.3, -0.25) is 9.59 Å². The molecule has 3 rings (SSSR count). The average Bonchev–Trinajstić information content (AvgIpc) is 3.20. The van der Waals surface area contributed by atoms with Crippen molar-refractivity contribution in [3.63, 3.8) is 0 Å². The summed E-state index contributed by atoms with van der Waals surface area (Å²) in [6.45, 7) is 5.91. The van der Waals surface area contributed by atoms with Crippen molar-refractivity contribution in [3.8, 4) is 0 Å². The number of rotatable bonds is 6. The summed E-state index contributed by atoms with van der Waals surface area (Å²) in [4.78, 5) is 28.1. The fourth-order valence-corrected chi connectivity index (χ4v) is 4.68. The lowest BCUT2D eigenvalue weighted by molar-refractivity contribution is -0.120. The Morgan fingerprint density at radius 3 is 2.48 bits per heavy atom. The van der Waals surface area contributed by atoms with E-state index in [9.17, 15) is 18.0 Å². The van der Waals surface area contributed by atoms with Crippen LogP contribution in [0.5, 0.6) is 0 Å². The van der Waals surface area contributed by atoms with Crippen LogP contribution in [0.4, 0.5) is 5.69 Å². The van der Waals surface area contributed by atoms with E-state index in [1.54, 1.807) is 35.0 Å². The molecule has 156 valence electrons. The number of aromatic nitrogens is 2. The molecule has 1 N–H and O–H groups in total. The smallest absolute Gasteiger partial charge is 0.262 e. The van der Waals surface area contributed by atoms with Crippen LogP contribution in [0, 0.1) is 5.92 Å². The molecule has 1 amide bonds. The SMILES string of the molecule is CC(=O)c1cccc(NC(=O)C2CCN(S(=O)(=O)c3cn(C(C)C)cn3)CC2)c1. The highest BCUT2D eigenvalue weighted by Gasteiger charge is 2.33. The highest BCUT2D eigenvalue weighted by atomic mass is 32.2. The third kappa shape index (κ3) is 4.73. The number of hydrogen-bond donors (Lipinski definition) is 1. The summed E-state index contributed by atoms with van der Waals surface area (Å²) in [5, 5.41) is 2.87. The quantitative estimate of drug-likeness (QED) is 0.727. The van der Waals surface area contributed by atoms with Gasteiger partial charge >= 0.3 is 0 Å². The summed E-state index contributed by atoms with van der Waals surface area (Å²) in [5.74, 6) is -0.512. The molecule has 9 heteroatoms. The standard InChI is InChI=1S/C20H26N4O4S/c1-14(2)23-12-19(21-13-23)29(27,28)24-9-7-16(8-10-24)20(26)22-18-6-4-5-17(11-18)15(3)25/h4-6,11-14,16H,7-10H2,1-3H3,(H,22,26). The molecule has 1 saturated heterocycles. The number of anilines is 1. The van der Waals surface area contributed by atoms with Crippen molar-refractivity contribution < 1.29 is 18.0 Å². The second kappa shape index (κ2) is 8.46. The maximum absolute atomic E-state index is 12.8. The van der Waals surface area contributed by atoms with Gasteiger partial charge in [0.15, 0.2) is 10.8 Å². The molecule has 0 atom stereocenters. The van der Waals surface area contributed by atoms with Gasteiger partial charge in [0.2, 0.25) is 5.91 Å². The first-order valence-corrected chi connectivity index (χ1v) is 11.1. The van der Waals surface area contributed by atoms with Crippen LogP contribution in [0.1, 0.15) is 50.0 Å². The van der Waals surface area contributed by atoms with Crippen molar-refractivity contribution >= 4 is 27.4 Å². The van der Waals surface area contributed by atoms with Crippen molar-refractivity contribution in [2.24, 2.45) is 5.92 Å². The Balaban J connectivity index is 1.61. The lowest BCUT2D eigenvalue weighted by Crippen LogP contribution is -2.41. The Labute approximate surface area is 171 Å². The number of hydrogen-bond acceptors (Lipinski definition) is 5. The van der Waals surface area contributed by atoms with Crippen LogP contribution < -0.4 is 5.32 Å². The Kier molecular flexibility index (Phi) is 6.18. The van der Waals surface area contributed by atoms with E-state index in [1.165, 1.54) is 17.6 Å². The number of ketones is 1. The van der Waals surface area contributed by atoms with Gasteiger partial charge in [-0.25, -0.2) is 13.4 Å². The largest absolute Gasteiger partial charge is 0.334 e. The average molecular weight is 419 g/mol. The number of nitrogens with one attached hydrogen (secondary N) is 1. The number of piperidine rings is 1. The van der Waals surface area contributed by atoms with Gasteiger partial charge in [-0.15, -0.1) is 0 Å². The number of imidazole rings is 1. The summed E-state index contributed by atoms with van der Waals surface area (Å²) >= 11 is 0. The molecule has 1 aliphatic rings. The zero-order chi connectivity index (χ0) is 21.2. The fraction of sp³-hybridized carbons (Fsp3) is 0.450. The minimum atomic E-state index is -3.67. The minimum absolute atomic E-state index is 0.0372. The molecule has 1 aromatic heterocycles. The van der Waals surface area contributed by atoms with Gasteiger partial charge in [-0.05, 0) is 45.7 Å². The molecule has 0 bridgehead atoms. The molecule has 29 heavy (non-hydrogen) atoms. The molecule has 0 aliphatic carbocycles. The summed E-state index contributed by atoms with van der Waals surface area (Å²) in [6, 6.07) is 6.92. The van der Waals surface area contributed by atoms with Gasteiger partial charge in [-0.2, -0.15) is 4.31 Å². The third-order valence-electron chi connectivity index (χ3n) is 5.14. The molecular weight excluding hydrogens is 392 g/mol. The van der Waals surface area contributed by atoms with Crippen LogP contribution in [0.3, 0.4) is 0 Å². The maximum atomic E-state index is 12.8. The molecule has 1 aromatic carbocycles. The van der Waals surface area contributed by atoms with Crippen molar-refractivity contribution in [2.45, 2.75) is 44.7 Å². The van der Waals surface area contributed by atoms with E-state index < -0.39 is 10.0 Å². The van der Waals surface area contributed by atoms with E-state index in [0.29, 0.717) is 24.1 Å². The molecular formula is C20H26N4O4S. The van der Waals surface area contributed by atoms with Crippen molar-refractivity contribution in [1.82, 2.24) is 13.9 Å².